The van der Waals surface area contributed by atoms with Crippen molar-refractivity contribution in [3.63, 3.8) is 0 Å². The van der Waals surface area contributed by atoms with Gasteiger partial charge in [-0.15, -0.1) is 0 Å². The first-order valence-corrected chi connectivity index (χ1v) is 7.29. The van der Waals surface area contributed by atoms with Crippen LogP contribution in [-0.4, -0.2) is 31.2 Å². The summed E-state index contributed by atoms with van der Waals surface area (Å²) in [6, 6.07) is 1.90. The van der Waals surface area contributed by atoms with E-state index in [2.05, 4.69) is 0 Å². The molecule has 6 nitrogen and oxygen atoms in total. The number of hydrogen-bond acceptors (Lipinski definition) is 4. The first-order valence-electron chi connectivity index (χ1n) is 4.88. The lowest BCUT2D eigenvalue weighted by Crippen LogP contribution is -2.17. The molecule has 0 atom stereocenters. The average molecular weight is 326 g/mol. The van der Waals surface area contributed by atoms with E-state index >= 15 is 0 Å². The van der Waals surface area contributed by atoms with E-state index in [0.717, 1.165) is 12.1 Å². The monoisotopic (exact) mass is 325 g/mol. The molecule has 1 rings (SSSR count). The van der Waals surface area contributed by atoms with Crippen LogP contribution in [-0.2, 0) is 14.6 Å². The van der Waals surface area contributed by atoms with Gasteiger partial charge < -0.3 is 10.8 Å². The van der Waals surface area contributed by atoms with Gasteiger partial charge in [-0.3, -0.25) is 4.79 Å². The van der Waals surface area contributed by atoms with Crippen molar-refractivity contribution in [1.82, 2.24) is 0 Å². The number of sulfone groups is 1. The van der Waals surface area contributed by atoms with Gasteiger partial charge in [-0.1, -0.05) is 23.2 Å². The number of carboxylic acids is 1. The Morgan fingerprint density at radius 3 is 2.26 bits per heavy atom. The fraction of sp³-hybridized carbons (Fsp3) is 0.200. The van der Waals surface area contributed by atoms with Gasteiger partial charge in [0.2, 0.25) is 5.91 Å². The molecule has 0 aliphatic rings. The van der Waals surface area contributed by atoms with E-state index in [-0.39, 0.29) is 22.0 Å². The third-order valence-electron chi connectivity index (χ3n) is 2.20. The van der Waals surface area contributed by atoms with E-state index in [1.54, 1.807) is 0 Å². The van der Waals surface area contributed by atoms with Crippen molar-refractivity contribution in [1.29, 1.82) is 0 Å². The molecule has 9 heteroatoms. The summed E-state index contributed by atoms with van der Waals surface area (Å²) in [5, 5.41) is 8.48. The number of hydrogen-bond donors (Lipinski definition) is 2. The Morgan fingerprint density at radius 1 is 1.21 bits per heavy atom. The van der Waals surface area contributed by atoms with Gasteiger partial charge >= 0.3 is 5.97 Å². The zero-order chi connectivity index (χ0) is 14.8. The third kappa shape index (κ3) is 3.82. The second-order valence-electron chi connectivity index (χ2n) is 3.60. The maximum atomic E-state index is 11.9. The second-order valence-corrected chi connectivity index (χ2v) is 6.49. The standard InChI is InChI=1S/C10H9Cl2NO5S/c11-6-4-7(12)8(3-5(6)10(15)16)19(17,18)2-1-9(13)14/h3-4H,1-2H2,(H2,13,14)(H,15,16). The minimum atomic E-state index is -3.91. The van der Waals surface area contributed by atoms with Crippen LogP contribution in [0.3, 0.4) is 0 Å². The lowest BCUT2D eigenvalue weighted by atomic mass is 10.2. The molecular weight excluding hydrogens is 317 g/mol. The quantitative estimate of drug-likeness (QED) is 0.847. The molecule has 0 radical (unpaired) electrons. The number of carboxylic acid groups (broad SMARTS) is 1. The fourth-order valence-corrected chi connectivity index (χ4v) is 3.44. The number of benzene rings is 1. The Kier molecular flexibility index (Phi) is 4.78. The number of halogens is 2. The van der Waals surface area contributed by atoms with Crippen molar-refractivity contribution in [3.8, 4) is 0 Å². The summed E-state index contributed by atoms with van der Waals surface area (Å²) in [5.41, 5.74) is 4.48. The number of nitrogens with two attached hydrogens (primary N) is 1. The SMILES string of the molecule is NC(=O)CCS(=O)(=O)c1cc(C(=O)O)c(Cl)cc1Cl. The van der Waals surface area contributed by atoms with E-state index in [0.29, 0.717) is 0 Å². The molecule has 0 aliphatic heterocycles. The summed E-state index contributed by atoms with van der Waals surface area (Å²) in [4.78, 5) is 21.1. The third-order valence-corrected chi connectivity index (χ3v) is 4.69. The van der Waals surface area contributed by atoms with Crippen LogP contribution in [0.15, 0.2) is 17.0 Å². The molecule has 1 aromatic carbocycles. The summed E-state index contributed by atoms with van der Waals surface area (Å²) in [6.07, 6.45) is -0.385. The van der Waals surface area contributed by atoms with Crippen LogP contribution in [0.1, 0.15) is 16.8 Å². The maximum absolute atomic E-state index is 11.9. The molecule has 0 bridgehead atoms. The average Bonchev–Trinajstić information content (AvgIpc) is 2.25. The summed E-state index contributed by atoms with van der Waals surface area (Å²) in [6.45, 7) is 0. The van der Waals surface area contributed by atoms with E-state index in [1.807, 2.05) is 0 Å². The number of primary amides is 1. The van der Waals surface area contributed by atoms with Crippen LogP contribution in [0, 0.1) is 0 Å². The molecule has 0 saturated carbocycles. The first kappa shape index (κ1) is 15.7. The van der Waals surface area contributed by atoms with Crippen molar-refractivity contribution in [3.05, 3.63) is 27.7 Å². The van der Waals surface area contributed by atoms with Gasteiger partial charge in [-0.2, -0.15) is 0 Å². The van der Waals surface area contributed by atoms with Gasteiger partial charge in [-0.05, 0) is 12.1 Å². The molecule has 1 amide bonds. The van der Waals surface area contributed by atoms with E-state index < -0.39 is 32.4 Å². The molecule has 0 aliphatic carbocycles. The van der Waals surface area contributed by atoms with E-state index in [9.17, 15) is 18.0 Å². The molecule has 0 fully saturated rings. The van der Waals surface area contributed by atoms with Crippen molar-refractivity contribution < 1.29 is 23.1 Å². The summed E-state index contributed by atoms with van der Waals surface area (Å²) >= 11 is 11.4. The predicted molar refractivity (Wildman–Crippen MR) is 69.3 cm³/mol. The normalized spacial score (nSPS) is 11.3. The maximum Gasteiger partial charge on any atom is 0.337 e. The van der Waals surface area contributed by atoms with Crippen LogP contribution >= 0.6 is 23.2 Å². The van der Waals surface area contributed by atoms with Gasteiger partial charge in [0.15, 0.2) is 9.84 Å². The van der Waals surface area contributed by atoms with Crippen LogP contribution in [0.25, 0.3) is 0 Å². The van der Waals surface area contributed by atoms with Crippen molar-refractivity contribution >= 4 is 44.9 Å². The largest absolute Gasteiger partial charge is 0.478 e. The Morgan fingerprint density at radius 2 is 1.79 bits per heavy atom. The molecule has 3 N–H and O–H groups in total. The molecule has 0 saturated heterocycles. The highest BCUT2D eigenvalue weighted by Crippen LogP contribution is 2.29. The summed E-state index contributed by atoms with van der Waals surface area (Å²) < 4.78 is 23.8. The lowest BCUT2D eigenvalue weighted by Gasteiger charge is -2.08. The van der Waals surface area contributed by atoms with Crippen LogP contribution in [0.4, 0.5) is 0 Å². The molecular formula is C10H9Cl2NO5S. The highest BCUT2D eigenvalue weighted by atomic mass is 35.5. The van der Waals surface area contributed by atoms with Gasteiger partial charge in [0, 0.05) is 6.42 Å². The lowest BCUT2D eigenvalue weighted by molar-refractivity contribution is -0.117. The molecule has 1 aromatic rings. The number of carbonyl (C=O) groups excluding carboxylic acids is 1. The highest BCUT2D eigenvalue weighted by molar-refractivity contribution is 7.91. The number of aromatic carboxylic acids is 1. The zero-order valence-electron chi connectivity index (χ0n) is 9.39. The van der Waals surface area contributed by atoms with Gasteiger partial charge in [0.1, 0.15) is 0 Å². The Labute approximate surface area is 119 Å². The molecule has 0 aromatic heterocycles. The topological polar surface area (TPSA) is 115 Å². The van der Waals surface area contributed by atoms with Gasteiger partial charge in [0.05, 0.1) is 26.3 Å². The zero-order valence-corrected chi connectivity index (χ0v) is 11.7. The van der Waals surface area contributed by atoms with Crippen molar-refractivity contribution in [2.75, 3.05) is 5.75 Å². The molecule has 0 unspecified atom stereocenters. The van der Waals surface area contributed by atoms with E-state index in [1.165, 1.54) is 0 Å². The van der Waals surface area contributed by atoms with E-state index in [4.69, 9.17) is 34.0 Å². The van der Waals surface area contributed by atoms with Crippen LogP contribution in [0.5, 0.6) is 0 Å². The smallest absolute Gasteiger partial charge is 0.337 e. The van der Waals surface area contributed by atoms with Crippen molar-refractivity contribution in [2.45, 2.75) is 11.3 Å². The van der Waals surface area contributed by atoms with Crippen LogP contribution < -0.4 is 5.73 Å². The van der Waals surface area contributed by atoms with Crippen LogP contribution in [0.2, 0.25) is 10.0 Å². The molecule has 104 valence electrons. The first-order chi connectivity index (χ1) is 8.65. The predicted octanol–water partition coefficient (Wildman–Crippen LogP) is 1.34. The minimum absolute atomic E-state index is 0.175. The van der Waals surface area contributed by atoms with Gasteiger partial charge in [0.25, 0.3) is 0 Å². The Bertz CT molecular complexity index is 642. The Balaban J connectivity index is 3.30. The number of amides is 1. The summed E-state index contributed by atoms with van der Waals surface area (Å²) in [5.74, 6) is -2.72. The van der Waals surface area contributed by atoms with Gasteiger partial charge in [-0.25, -0.2) is 13.2 Å². The Hall–Kier alpha value is -1.31. The minimum Gasteiger partial charge on any atom is -0.478 e. The number of carbonyl (C=O) groups is 2. The second kappa shape index (κ2) is 5.77. The highest BCUT2D eigenvalue weighted by Gasteiger charge is 2.22. The molecule has 19 heavy (non-hydrogen) atoms. The van der Waals surface area contributed by atoms with Crippen molar-refractivity contribution in [2.24, 2.45) is 5.73 Å². The molecule has 0 heterocycles. The summed E-state index contributed by atoms with van der Waals surface area (Å²) in [7, 11) is -3.91. The number of rotatable bonds is 5. The molecule has 0 spiro atoms. The fourth-order valence-electron chi connectivity index (χ4n) is 1.28.